The van der Waals surface area contributed by atoms with Crippen LogP contribution in [-0.2, 0) is 19.9 Å². The number of imidazole rings is 1. The van der Waals surface area contributed by atoms with Crippen LogP contribution in [0.4, 0.5) is 0 Å². The normalized spacial score (nSPS) is 11.3. The molecule has 1 N–H and O–H groups in total. The molecule has 0 unspecified atom stereocenters. The summed E-state index contributed by atoms with van der Waals surface area (Å²) in [6, 6.07) is 6.67. The molecule has 0 aliphatic carbocycles. The summed E-state index contributed by atoms with van der Waals surface area (Å²) in [7, 11) is 2.10. The summed E-state index contributed by atoms with van der Waals surface area (Å²) in [6.07, 6.45) is 3.30. The van der Waals surface area contributed by atoms with E-state index in [1.165, 1.54) is 17.5 Å². The van der Waals surface area contributed by atoms with Crippen molar-refractivity contribution in [2.75, 3.05) is 13.1 Å². The molecule has 1 aromatic carbocycles. The molecule has 2 rings (SSSR count). The minimum Gasteiger partial charge on any atom is -0.331 e. The maximum atomic E-state index is 4.68. The fourth-order valence-corrected chi connectivity index (χ4v) is 2.36. The zero-order valence-electron chi connectivity index (χ0n) is 11.7. The van der Waals surface area contributed by atoms with Crippen LogP contribution in [-0.4, -0.2) is 22.6 Å². The molecule has 2 aromatic rings. The van der Waals surface area contributed by atoms with Gasteiger partial charge in [0.25, 0.3) is 0 Å². The highest BCUT2D eigenvalue weighted by atomic mass is 15.1. The molecule has 98 valence electrons. The van der Waals surface area contributed by atoms with Crippen LogP contribution < -0.4 is 5.32 Å². The first-order chi connectivity index (χ1) is 8.76. The summed E-state index contributed by atoms with van der Waals surface area (Å²) in [5.74, 6) is 1.16. The van der Waals surface area contributed by atoms with Crippen LogP contribution in [0.15, 0.2) is 18.2 Å². The molecular weight excluding hydrogens is 222 g/mol. The van der Waals surface area contributed by atoms with E-state index in [0.717, 1.165) is 37.3 Å². The lowest BCUT2D eigenvalue weighted by atomic mass is 10.1. The third kappa shape index (κ3) is 2.72. The van der Waals surface area contributed by atoms with Crippen molar-refractivity contribution in [1.82, 2.24) is 14.9 Å². The largest absolute Gasteiger partial charge is 0.331 e. The molecular formula is C15H23N3. The van der Waals surface area contributed by atoms with Crippen molar-refractivity contribution < 1.29 is 0 Å². The predicted molar refractivity (Wildman–Crippen MR) is 77.0 cm³/mol. The first kappa shape index (κ1) is 13.1. The number of hydrogen-bond acceptors (Lipinski definition) is 2. The molecule has 0 amide bonds. The second-order valence-corrected chi connectivity index (χ2v) is 4.72. The van der Waals surface area contributed by atoms with Gasteiger partial charge in [-0.1, -0.05) is 19.9 Å². The Kier molecular flexibility index (Phi) is 4.37. The zero-order chi connectivity index (χ0) is 13.0. The highest BCUT2D eigenvalue weighted by Crippen LogP contribution is 2.17. The van der Waals surface area contributed by atoms with E-state index >= 15 is 0 Å². The van der Waals surface area contributed by atoms with Crippen LogP contribution in [0.3, 0.4) is 0 Å². The highest BCUT2D eigenvalue weighted by Gasteiger charge is 2.06. The fraction of sp³-hybridized carbons (Fsp3) is 0.533. The zero-order valence-corrected chi connectivity index (χ0v) is 11.7. The minimum absolute atomic E-state index is 0.987. The summed E-state index contributed by atoms with van der Waals surface area (Å²) in [4.78, 5) is 4.68. The fourth-order valence-electron chi connectivity index (χ4n) is 2.36. The van der Waals surface area contributed by atoms with E-state index in [2.05, 4.69) is 54.0 Å². The standard InChI is InChI=1S/C15H23N3/c1-4-15-17-13-11-12(7-6-10-16-5-2)8-9-14(13)18(15)3/h8-9,11,16H,4-7,10H2,1-3H3. The first-order valence-electron chi connectivity index (χ1n) is 6.91. The molecule has 0 aliphatic rings. The summed E-state index contributed by atoms with van der Waals surface area (Å²) in [5.41, 5.74) is 3.76. The van der Waals surface area contributed by atoms with Crippen molar-refractivity contribution in [2.45, 2.75) is 33.1 Å². The molecule has 18 heavy (non-hydrogen) atoms. The number of aryl methyl sites for hydroxylation is 3. The molecule has 0 fully saturated rings. The van der Waals surface area contributed by atoms with E-state index < -0.39 is 0 Å². The Morgan fingerprint density at radius 1 is 1.28 bits per heavy atom. The Bertz CT molecular complexity index is 514. The maximum Gasteiger partial charge on any atom is 0.109 e. The van der Waals surface area contributed by atoms with Crippen LogP contribution in [0.1, 0.15) is 31.7 Å². The molecule has 0 radical (unpaired) electrons. The van der Waals surface area contributed by atoms with Gasteiger partial charge in [0, 0.05) is 13.5 Å². The third-order valence-electron chi connectivity index (χ3n) is 3.42. The monoisotopic (exact) mass is 245 g/mol. The van der Waals surface area contributed by atoms with Gasteiger partial charge in [-0.15, -0.1) is 0 Å². The molecule has 0 bridgehead atoms. The SMILES string of the molecule is CCNCCCc1ccc2c(c1)nc(CC)n2C. The van der Waals surface area contributed by atoms with Crippen LogP contribution in [0, 0.1) is 0 Å². The number of nitrogens with one attached hydrogen (secondary N) is 1. The Morgan fingerprint density at radius 2 is 2.11 bits per heavy atom. The van der Waals surface area contributed by atoms with Gasteiger partial charge in [0.1, 0.15) is 5.82 Å². The summed E-state index contributed by atoms with van der Waals surface area (Å²) >= 11 is 0. The quantitative estimate of drug-likeness (QED) is 0.793. The maximum absolute atomic E-state index is 4.68. The van der Waals surface area contributed by atoms with E-state index in [4.69, 9.17) is 0 Å². The summed E-state index contributed by atoms with van der Waals surface area (Å²) in [6.45, 7) is 6.45. The number of fused-ring (bicyclic) bond motifs is 1. The molecule has 1 heterocycles. The Hall–Kier alpha value is -1.35. The lowest BCUT2D eigenvalue weighted by Gasteiger charge is -2.03. The van der Waals surface area contributed by atoms with Gasteiger partial charge in [-0.3, -0.25) is 0 Å². The van der Waals surface area contributed by atoms with Crippen molar-refractivity contribution in [3.05, 3.63) is 29.6 Å². The van der Waals surface area contributed by atoms with Gasteiger partial charge >= 0.3 is 0 Å². The van der Waals surface area contributed by atoms with E-state index in [0.29, 0.717) is 0 Å². The number of hydrogen-bond donors (Lipinski definition) is 1. The molecule has 3 heteroatoms. The van der Waals surface area contributed by atoms with E-state index in [1.54, 1.807) is 0 Å². The summed E-state index contributed by atoms with van der Waals surface area (Å²) in [5, 5.41) is 3.36. The van der Waals surface area contributed by atoms with Gasteiger partial charge in [0.2, 0.25) is 0 Å². The van der Waals surface area contributed by atoms with Gasteiger partial charge in [-0.25, -0.2) is 4.98 Å². The second-order valence-electron chi connectivity index (χ2n) is 4.72. The van der Waals surface area contributed by atoms with Gasteiger partial charge in [0.05, 0.1) is 11.0 Å². The number of rotatable bonds is 6. The number of aromatic nitrogens is 2. The molecule has 0 saturated heterocycles. The van der Waals surface area contributed by atoms with Crippen molar-refractivity contribution in [3.63, 3.8) is 0 Å². The van der Waals surface area contributed by atoms with Crippen molar-refractivity contribution >= 4 is 11.0 Å². The van der Waals surface area contributed by atoms with Gasteiger partial charge in [-0.05, 0) is 43.6 Å². The second kappa shape index (κ2) is 6.01. The van der Waals surface area contributed by atoms with E-state index in [9.17, 15) is 0 Å². The number of nitrogens with zero attached hydrogens (tertiary/aromatic N) is 2. The average Bonchev–Trinajstić information content (AvgIpc) is 2.71. The highest BCUT2D eigenvalue weighted by molar-refractivity contribution is 5.76. The van der Waals surface area contributed by atoms with Gasteiger partial charge in [0.15, 0.2) is 0 Å². The lowest BCUT2D eigenvalue weighted by molar-refractivity contribution is 0.673. The molecule has 0 spiro atoms. The first-order valence-corrected chi connectivity index (χ1v) is 6.91. The molecule has 0 saturated carbocycles. The molecule has 0 atom stereocenters. The average molecular weight is 245 g/mol. The topological polar surface area (TPSA) is 29.9 Å². The smallest absolute Gasteiger partial charge is 0.109 e. The van der Waals surface area contributed by atoms with Crippen molar-refractivity contribution in [3.8, 4) is 0 Å². The predicted octanol–water partition coefficient (Wildman–Crippen LogP) is 2.68. The van der Waals surface area contributed by atoms with Crippen LogP contribution in [0.25, 0.3) is 11.0 Å². The lowest BCUT2D eigenvalue weighted by Crippen LogP contribution is -2.14. The number of benzene rings is 1. The Morgan fingerprint density at radius 3 is 2.83 bits per heavy atom. The van der Waals surface area contributed by atoms with Crippen molar-refractivity contribution in [1.29, 1.82) is 0 Å². The van der Waals surface area contributed by atoms with Crippen molar-refractivity contribution in [2.24, 2.45) is 7.05 Å². The van der Waals surface area contributed by atoms with Crippen LogP contribution in [0.5, 0.6) is 0 Å². The van der Waals surface area contributed by atoms with Gasteiger partial charge < -0.3 is 9.88 Å². The third-order valence-corrected chi connectivity index (χ3v) is 3.42. The van der Waals surface area contributed by atoms with Gasteiger partial charge in [-0.2, -0.15) is 0 Å². The summed E-state index contributed by atoms with van der Waals surface area (Å²) < 4.78 is 2.19. The van der Waals surface area contributed by atoms with E-state index in [1.807, 2.05) is 0 Å². The molecule has 0 aliphatic heterocycles. The minimum atomic E-state index is 0.987. The Labute approximate surface area is 109 Å². The Balaban J connectivity index is 2.12. The van der Waals surface area contributed by atoms with Crippen LogP contribution in [0.2, 0.25) is 0 Å². The van der Waals surface area contributed by atoms with E-state index in [-0.39, 0.29) is 0 Å². The molecule has 1 aromatic heterocycles. The van der Waals surface area contributed by atoms with Crippen LogP contribution >= 0.6 is 0 Å². The molecule has 3 nitrogen and oxygen atoms in total.